The second-order valence-corrected chi connectivity index (χ2v) is 11.6. The number of nitrogens with one attached hydrogen (secondary N) is 1. The number of piperidine rings is 1. The van der Waals surface area contributed by atoms with E-state index in [4.69, 9.17) is 0 Å². The van der Waals surface area contributed by atoms with Gasteiger partial charge in [0.1, 0.15) is 0 Å². The molecule has 0 spiro atoms. The highest BCUT2D eigenvalue weighted by Gasteiger charge is 2.33. The molecule has 1 atom stereocenters. The number of carbonyl (C=O) groups excluding carboxylic acids is 1. The smallest absolute Gasteiger partial charge is 0.251 e. The molecule has 1 fully saturated rings. The predicted molar refractivity (Wildman–Crippen MR) is 108 cm³/mol. The Balaban J connectivity index is 1.60. The Hall–Kier alpha value is -1.65. The Bertz CT molecular complexity index is 967. The summed E-state index contributed by atoms with van der Waals surface area (Å²) in [6, 6.07) is 4.94. The Morgan fingerprint density at radius 3 is 2.32 bits per heavy atom. The molecule has 28 heavy (non-hydrogen) atoms. The van der Waals surface area contributed by atoms with Gasteiger partial charge >= 0.3 is 0 Å². The van der Waals surface area contributed by atoms with Gasteiger partial charge in [0.05, 0.1) is 18.2 Å². The Morgan fingerprint density at radius 1 is 1.11 bits per heavy atom. The van der Waals surface area contributed by atoms with Gasteiger partial charge in [-0.15, -0.1) is 0 Å². The minimum Gasteiger partial charge on any atom is -0.352 e. The van der Waals surface area contributed by atoms with E-state index in [0.29, 0.717) is 37.3 Å². The molecular formula is C18H27N3O5S2. The van der Waals surface area contributed by atoms with E-state index in [9.17, 15) is 21.6 Å². The van der Waals surface area contributed by atoms with E-state index in [1.165, 1.54) is 21.1 Å². The van der Waals surface area contributed by atoms with Crippen molar-refractivity contribution in [2.75, 3.05) is 36.5 Å². The van der Waals surface area contributed by atoms with Gasteiger partial charge in [0.15, 0.2) is 0 Å². The number of anilines is 1. The molecule has 0 radical (unpaired) electrons. The number of hydrogen-bond acceptors (Lipinski definition) is 5. The average molecular weight is 430 g/mol. The van der Waals surface area contributed by atoms with Crippen LogP contribution >= 0.6 is 0 Å². The summed E-state index contributed by atoms with van der Waals surface area (Å²) in [6.07, 6.45) is 4.42. The first-order chi connectivity index (χ1) is 13.0. The highest BCUT2D eigenvalue weighted by atomic mass is 32.2. The molecule has 0 saturated carbocycles. The molecular weight excluding hydrogens is 402 g/mol. The second-order valence-electron chi connectivity index (χ2n) is 7.77. The summed E-state index contributed by atoms with van der Waals surface area (Å²) in [5.74, 6) is 0.0518. The molecule has 156 valence electrons. The molecule has 3 rings (SSSR count). The van der Waals surface area contributed by atoms with Gasteiger partial charge in [-0.05, 0) is 55.9 Å². The van der Waals surface area contributed by atoms with Gasteiger partial charge in [0.2, 0.25) is 20.0 Å². The van der Waals surface area contributed by atoms with Crippen molar-refractivity contribution in [1.82, 2.24) is 9.62 Å². The molecule has 1 saturated heterocycles. The number of sulfonamides is 2. The molecule has 1 aromatic rings. The van der Waals surface area contributed by atoms with Crippen LogP contribution in [-0.2, 0) is 26.5 Å². The van der Waals surface area contributed by atoms with Crippen LogP contribution in [0.15, 0.2) is 18.2 Å². The number of hydrogen-bond donors (Lipinski definition) is 1. The monoisotopic (exact) mass is 429 g/mol. The number of nitrogens with zero attached hydrogens (tertiary/aromatic N) is 2. The van der Waals surface area contributed by atoms with Crippen molar-refractivity contribution in [2.24, 2.45) is 5.92 Å². The summed E-state index contributed by atoms with van der Waals surface area (Å²) in [4.78, 5) is 12.5. The maximum Gasteiger partial charge on any atom is 0.251 e. The first-order valence-electron chi connectivity index (χ1n) is 9.32. The molecule has 0 bridgehead atoms. The van der Waals surface area contributed by atoms with Crippen molar-refractivity contribution in [3.05, 3.63) is 29.3 Å². The van der Waals surface area contributed by atoms with Gasteiger partial charge in [-0.2, -0.15) is 0 Å². The van der Waals surface area contributed by atoms with E-state index in [2.05, 4.69) is 5.32 Å². The number of amides is 1. The number of fused-ring (bicyclic) bond motifs is 1. The molecule has 1 amide bonds. The molecule has 0 aliphatic carbocycles. The van der Waals surface area contributed by atoms with Gasteiger partial charge in [0.25, 0.3) is 5.91 Å². The van der Waals surface area contributed by atoms with E-state index in [-0.39, 0.29) is 17.9 Å². The minimum atomic E-state index is -3.35. The number of benzene rings is 1. The summed E-state index contributed by atoms with van der Waals surface area (Å²) in [5.41, 5.74) is 2.00. The van der Waals surface area contributed by atoms with Crippen LogP contribution in [0.2, 0.25) is 0 Å². The molecule has 2 aliphatic rings. The third kappa shape index (κ3) is 4.49. The van der Waals surface area contributed by atoms with Crippen molar-refractivity contribution in [3.63, 3.8) is 0 Å². The predicted octanol–water partition coefficient (Wildman–Crippen LogP) is 0.799. The maximum absolute atomic E-state index is 12.5. The Morgan fingerprint density at radius 2 is 1.75 bits per heavy atom. The zero-order chi connectivity index (χ0) is 20.7. The SMILES string of the molecule is C[C@@H]1Cc2cc(C(=O)NCC3CCN(S(C)(=O)=O)CC3)ccc2N1S(C)(=O)=O. The molecule has 8 nitrogen and oxygen atoms in total. The maximum atomic E-state index is 12.5. The molecule has 1 N–H and O–H groups in total. The van der Waals surface area contributed by atoms with E-state index in [1.54, 1.807) is 18.2 Å². The number of rotatable bonds is 5. The molecule has 2 aliphatic heterocycles. The molecule has 1 aromatic carbocycles. The van der Waals surface area contributed by atoms with Gasteiger partial charge in [-0.1, -0.05) is 0 Å². The zero-order valence-corrected chi connectivity index (χ0v) is 18.0. The lowest BCUT2D eigenvalue weighted by molar-refractivity contribution is 0.0941. The molecule has 10 heteroatoms. The third-order valence-corrected chi connectivity index (χ3v) is 8.02. The van der Waals surface area contributed by atoms with Gasteiger partial charge in [0, 0.05) is 31.2 Å². The van der Waals surface area contributed by atoms with Crippen LogP contribution in [-0.4, -0.2) is 65.2 Å². The summed E-state index contributed by atoms with van der Waals surface area (Å²) in [7, 11) is -6.50. The lowest BCUT2D eigenvalue weighted by Gasteiger charge is -2.30. The van der Waals surface area contributed by atoms with Gasteiger partial charge < -0.3 is 5.32 Å². The topological polar surface area (TPSA) is 104 Å². The van der Waals surface area contributed by atoms with E-state index in [1.807, 2.05) is 6.92 Å². The van der Waals surface area contributed by atoms with Crippen LogP contribution in [0, 0.1) is 5.92 Å². The largest absolute Gasteiger partial charge is 0.352 e. The highest BCUT2D eigenvalue weighted by molar-refractivity contribution is 7.92. The Labute approximate surface area is 167 Å². The molecule has 0 aromatic heterocycles. The fraction of sp³-hybridized carbons (Fsp3) is 0.611. The lowest BCUT2D eigenvalue weighted by Crippen LogP contribution is -2.41. The number of carbonyl (C=O) groups is 1. The molecule has 0 unspecified atom stereocenters. The highest BCUT2D eigenvalue weighted by Crippen LogP contribution is 2.34. The first kappa shape index (κ1) is 21.1. The Kier molecular flexibility index (Phi) is 5.75. The van der Waals surface area contributed by atoms with Crippen LogP contribution in [0.3, 0.4) is 0 Å². The third-order valence-electron chi connectivity index (χ3n) is 5.45. The minimum absolute atomic E-state index is 0.164. The fourth-order valence-electron chi connectivity index (χ4n) is 4.03. The zero-order valence-electron chi connectivity index (χ0n) is 16.4. The van der Waals surface area contributed by atoms with Crippen molar-refractivity contribution in [2.45, 2.75) is 32.2 Å². The molecule has 2 heterocycles. The van der Waals surface area contributed by atoms with Crippen molar-refractivity contribution in [1.29, 1.82) is 0 Å². The summed E-state index contributed by atoms with van der Waals surface area (Å²) < 4.78 is 50.0. The first-order valence-corrected chi connectivity index (χ1v) is 13.0. The fourth-order valence-corrected chi connectivity index (χ4v) is 6.17. The van der Waals surface area contributed by atoms with Crippen LogP contribution < -0.4 is 9.62 Å². The lowest BCUT2D eigenvalue weighted by atomic mass is 9.98. The van der Waals surface area contributed by atoms with Crippen LogP contribution in [0.4, 0.5) is 5.69 Å². The summed E-state index contributed by atoms with van der Waals surface area (Å²) in [6.45, 7) is 3.32. The second kappa shape index (κ2) is 7.64. The quantitative estimate of drug-likeness (QED) is 0.746. The van der Waals surface area contributed by atoms with Crippen molar-refractivity contribution < 1.29 is 21.6 Å². The van der Waals surface area contributed by atoms with E-state index < -0.39 is 20.0 Å². The van der Waals surface area contributed by atoms with Gasteiger partial charge in [-0.25, -0.2) is 21.1 Å². The summed E-state index contributed by atoms with van der Waals surface area (Å²) in [5, 5.41) is 2.93. The van der Waals surface area contributed by atoms with Crippen molar-refractivity contribution in [3.8, 4) is 0 Å². The summed E-state index contributed by atoms with van der Waals surface area (Å²) >= 11 is 0. The van der Waals surface area contributed by atoms with Crippen LogP contribution in [0.1, 0.15) is 35.7 Å². The van der Waals surface area contributed by atoms with Gasteiger partial charge in [-0.3, -0.25) is 9.10 Å². The van der Waals surface area contributed by atoms with E-state index >= 15 is 0 Å². The van der Waals surface area contributed by atoms with E-state index in [0.717, 1.165) is 18.4 Å². The van der Waals surface area contributed by atoms with Crippen molar-refractivity contribution >= 4 is 31.6 Å². The van der Waals surface area contributed by atoms with Crippen LogP contribution in [0.25, 0.3) is 0 Å². The average Bonchev–Trinajstić information content (AvgIpc) is 2.94. The normalized spacial score (nSPS) is 21.5. The standard InChI is InChI=1S/C18H27N3O5S2/c1-13-10-16-11-15(4-5-17(16)21(13)28(3,25)26)18(22)19-12-14-6-8-20(9-7-14)27(2,23)24/h4-5,11,13-14H,6-10,12H2,1-3H3,(H,19,22)/t13-/m1/s1. The van der Waals surface area contributed by atoms with Crippen LogP contribution in [0.5, 0.6) is 0 Å².